The number of halogens is 4. The van der Waals surface area contributed by atoms with Crippen LogP contribution in [0.5, 0.6) is 0 Å². The third-order valence-electron chi connectivity index (χ3n) is 1.66. The molecule has 0 saturated heterocycles. The van der Waals surface area contributed by atoms with E-state index in [9.17, 15) is 13.2 Å². The molecule has 0 aliphatic heterocycles. The van der Waals surface area contributed by atoms with Crippen LogP contribution in [0.1, 0.15) is 26.3 Å². The number of thioether (sulfide) groups is 1. The quantitative estimate of drug-likeness (QED) is 0.629. The SMILES string of the molecule is CC(C)(C)Sc1ccc(Br)cc1C(F)(F)F. The summed E-state index contributed by atoms with van der Waals surface area (Å²) in [5, 5.41) is 0. The summed E-state index contributed by atoms with van der Waals surface area (Å²) in [7, 11) is 0. The number of hydrogen-bond acceptors (Lipinski definition) is 1. The zero-order valence-corrected chi connectivity index (χ0v) is 11.6. The number of benzene rings is 1. The summed E-state index contributed by atoms with van der Waals surface area (Å²) in [6, 6.07) is 4.25. The van der Waals surface area contributed by atoms with Crippen molar-refractivity contribution in [2.75, 3.05) is 0 Å². The van der Waals surface area contributed by atoms with E-state index >= 15 is 0 Å². The van der Waals surface area contributed by atoms with Crippen LogP contribution in [0.2, 0.25) is 0 Å². The van der Waals surface area contributed by atoms with Crippen molar-refractivity contribution in [1.82, 2.24) is 0 Å². The Balaban J connectivity index is 3.19. The molecule has 0 amide bonds. The molecule has 0 bridgehead atoms. The van der Waals surface area contributed by atoms with Crippen molar-refractivity contribution >= 4 is 27.7 Å². The molecule has 1 rings (SSSR count). The lowest BCUT2D eigenvalue weighted by atomic mass is 10.2. The van der Waals surface area contributed by atoms with Gasteiger partial charge in [0.2, 0.25) is 0 Å². The fourth-order valence-electron chi connectivity index (χ4n) is 1.14. The van der Waals surface area contributed by atoms with Gasteiger partial charge in [-0.3, -0.25) is 0 Å². The second-order valence-corrected chi connectivity index (χ2v) is 7.14. The fraction of sp³-hybridized carbons (Fsp3) is 0.455. The number of alkyl halides is 3. The van der Waals surface area contributed by atoms with Crippen molar-refractivity contribution in [2.45, 2.75) is 36.6 Å². The lowest BCUT2D eigenvalue weighted by Gasteiger charge is -2.21. The first-order valence-corrected chi connectivity index (χ1v) is 6.26. The normalized spacial score (nSPS) is 12.9. The summed E-state index contributed by atoms with van der Waals surface area (Å²) in [6.45, 7) is 5.67. The highest BCUT2D eigenvalue weighted by Crippen LogP contribution is 2.42. The minimum absolute atomic E-state index is 0.242. The minimum Gasteiger partial charge on any atom is -0.166 e. The van der Waals surface area contributed by atoms with Crippen LogP contribution in [0, 0.1) is 0 Å². The van der Waals surface area contributed by atoms with Gasteiger partial charge in [0.1, 0.15) is 0 Å². The van der Waals surface area contributed by atoms with Crippen LogP contribution in [-0.2, 0) is 6.18 Å². The van der Waals surface area contributed by atoms with E-state index < -0.39 is 11.7 Å². The van der Waals surface area contributed by atoms with Gasteiger partial charge >= 0.3 is 6.18 Å². The van der Waals surface area contributed by atoms with E-state index in [2.05, 4.69) is 15.9 Å². The molecule has 0 heterocycles. The summed E-state index contributed by atoms with van der Waals surface area (Å²) in [4.78, 5) is 0.267. The van der Waals surface area contributed by atoms with Crippen molar-refractivity contribution in [1.29, 1.82) is 0 Å². The minimum atomic E-state index is -4.31. The summed E-state index contributed by atoms with van der Waals surface area (Å²) >= 11 is 4.28. The molecule has 0 atom stereocenters. The van der Waals surface area contributed by atoms with E-state index in [1.807, 2.05) is 20.8 Å². The topological polar surface area (TPSA) is 0 Å². The summed E-state index contributed by atoms with van der Waals surface area (Å²) in [5.74, 6) is 0. The van der Waals surface area contributed by atoms with Crippen LogP contribution in [0.3, 0.4) is 0 Å². The second kappa shape index (κ2) is 4.61. The Hall–Kier alpha value is -0.160. The van der Waals surface area contributed by atoms with Crippen LogP contribution in [0.25, 0.3) is 0 Å². The lowest BCUT2D eigenvalue weighted by Crippen LogP contribution is -2.12. The molecule has 0 N–H and O–H groups in total. The first kappa shape index (κ1) is 13.9. The Kier molecular flexibility index (Phi) is 4.00. The van der Waals surface area contributed by atoms with E-state index in [0.29, 0.717) is 4.47 Å². The van der Waals surface area contributed by atoms with E-state index in [-0.39, 0.29) is 9.64 Å². The van der Waals surface area contributed by atoms with E-state index in [1.165, 1.54) is 17.8 Å². The largest absolute Gasteiger partial charge is 0.417 e. The van der Waals surface area contributed by atoms with Gasteiger partial charge in [0.05, 0.1) is 5.56 Å². The van der Waals surface area contributed by atoms with Crippen LogP contribution >= 0.6 is 27.7 Å². The van der Waals surface area contributed by atoms with Crippen LogP contribution < -0.4 is 0 Å². The molecule has 0 spiro atoms. The average molecular weight is 313 g/mol. The molecule has 0 saturated carbocycles. The van der Waals surface area contributed by atoms with Crippen molar-refractivity contribution < 1.29 is 13.2 Å². The molecule has 90 valence electrons. The van der Waals surface area contributed by atoms with E-state index in [0.717, 1.165) is 6.07 Å². The Morgan fingerprint density at radius 2 is 1.69 bits per heavy atom. The third kappa shape index (κ3) is 4.01. The first-order valence-electron chi connectivity index (χ1n) is 4.65. The van der Waals surface area contributed by atoms with Gasteiger partial charge in [-0.05, 0) is 18.2 Å². The average Bonchev–Trinajstić information content (AvgIpc) is 2.04. The van der Waals surface area contributed by atoms with Crippen LogP contribution in [0.15, 0.2) is 27.6 Å². The second-order valence-electron chi connectivity index (χ2n) is 4.35. The highest BCUT2D eigenvalue weighted by atomic mass is 79.9. The zero-order chi connectivity index (χ0) is 12.6. The molecule has 0 aliphatic carbocycles. The third-order valence-corrected chi connectivity index (χ3v) is 3.34. The molecule has 0 aliphatic rings. The summed E-state index contributed by atoms with van der Waals surface area (Å²) in [5.41, 5.74) is -0.582. The summed E-state index contributed by atoms with van der Waals surface area (Å²) < 4.78 is 38.5. The molecular formula is C11H12BrF3S. The maximum absolute atomic E-state index is 12.8. The van der Waals surface area contributed by atoms with Crippen molar-refractivity contribution in [3.63, 3.8) is 0 Å². The predicted molar refractivity (Wildman–Crippen MR) is 64.8 cm³/mol. The monoisotopic (exact) mass is 312 g/mol. The smallest absolute Gasteiger partial charge is 0.166 e. The van der Waals surface area contributed by atoms with Crippen LogP contribution in [0.4, 0.5) is 13.2 Å². The Bertz CT molecular complexity index is 380. The van der Waals surface area contributed by atoms with Crippen molar-refractivity contribution in [3.8, 4) is 0 Å². The van der Waals surface area contributed by atoms with Gasteiger partial charge in [-0.15, -0.1) is 11.8 Å². The molecule has 16 heavy (non-hydrogen) atoms. The Morgan fingerprint density at radius 1 is 1.12 bits per heavy atom. The first-order chi connectivity index (χ1) is 7.09. The van der Waals surface area contributed by atoms with Crippen molar-refractivity contribution in [2.24, 2.45) is 0 Å². The molecule has 0 fully saturated rings. The Labute approximate surface area is 106 Å². The van der Waals surface area contributed by atoms with Gasteiger partial charge in [-0.1, -0.05) is 36.7 Å². The Morgan fingerprint density at radius 3 is 2.12 bits per heavy atom. The van der Waals surface area contributed by atoms with Gasteiger partial charge < -0.3 is 0 Å². The van der Waals surface area contributed by atoms with Crippen LogP contribution in [-0.4, -0.2) is 4.75 Å². The van der Waals surface area contributed by atoms with E-state index in [1.54, 1.807) is 6.07 Å². The maximum Gasteiger partial charge on any atom is 0.417 e. The summed E-state index contributed by atoms with van der Waals surface area (Å²) in [6.07, 6.45) is -4.31. The highest BCUT2D eigenvalue weighted by molar-refractivity contribution is 9.10. The molecule has 1 aromatic rings. The van der Waals surface area contributed by atoms with Gasteiger partial charge in [0, 0.05) is 14.1 Å². The molecule has 0 nitrogen and oxygen atoms in total. The lowest BCUT2D eigenvalue weighted by molar-refractivity contribution is -0.139. The molecule has 1 aromatic carbocycles. The fourth-order valence-corrected chi connectivity index (χ4v) is 2.58. The predicted octanol–water partition coefficient (Wildman–Crippen LogP) is 5.36. The maximum atomic E-state index is 12.8. The van der Waals surface area contributed by atoms with E-state index in [4.69, 9.17) is 0 Å². The molecule has 0 aromatic heterocycles. The molecule has 0 radical (unpaired) electrons. The van der Waals surface area contributed by atoms with Gasteiger partial charge in [-0.2, -0.15) is 13.2 Å². The standard InChI is InChI=1S/C11H12BrF3S/c1-10(2,3)16-9-5-4-7(12)6-8(9)11(13,14)15/h4-6H,1-3H3. The molecule has 0 unspecified atom stereocenters. The highest BCUT2D eigenvalue weighted by Gasteiger charge is 2.34. The van der Waals surface area contributed by atoms with Crippen molar-refractivity contribution in [3.05, 3.63) is 28.2 Å². The zero-order valence-electron chi connectivity index (χ0n) is 9.15. The molecule has 5 heteroatoms. The number of hydrogen-bond donors (Lipinski definition) is 0. The molecular weight excluding hydrogens is 301 g/mol. The number of rotatable bonds is 1. The van der Waals surface area contributed by atoms with Gasteiger partial charge in [0.15, 0.2) is 0 Å². The van der Waals surface area contributed by atoms with Gasteiger partial charge in [-0.25, -0.2) is 0 Å². The van der Waals surface area contributed by atoms with Gasteiger partial charge in [0.25, 0.3) is 0 Å².